The standard InChI is InChI=1S/C13H17N3O4/c1-14-13(20)10-6-5-9(8-16-10)12(19)15-7-3-2-4-11(17)18/h5-6,8H,2-4,7H2,1H3,(H,14,20)(H,15,19)(H,17,18). The summed E-state index contributed by atoms with van der Waals surface area (Å²) in [6, 6.07) is 2.99. The maximum atomic E-state index is 11.7. The summed E-state index contributed by atoms with van der Waals surface area (Å²) in [4.78, 5) is 37.2. The van der Waals surface area contributed by atoms with Gasteiger partial charge >= 0.3 is 5.97 Å². The van der Waals surface area contributed by atoms with Crippen molar-refractivity contribution in [2.45, 2.75) is 19.3 Å². The molecule has 0 fully saturated rings. The molecule has 0 aliphatic rings. The van der Waals surface area contributed by atoms with Gasteiger partial charge in [0.05, 0.1) is 5.56 Å². The minimum Gasteiger partial charge on any atom is -0.481 e. The predicted molar refractivity (Wildman–Crippen MR) is 71.4 cm³/mol. The summed E-state index contributed by atoms with van der Waals surface area (Å²) in [5.41, 5.74) is 0.599. The average molecular weight is 279 g/mol. The van der Waals surface area contributed by atoms with Crippen LogP contribution in [0.2, 0.25) is 0 Å². The molecule has 0 atom stereocenters. The molecule has 2 amide bonds. The van der Waals surface area contributed by atoms with Crippen LogP contribution in [0.5, 0.6) is 0 Å². The molecule has 0 unspecified atom stereocenters. The van der Waals surface area contributed by atoms with Crippen LogP contribution in [0.15, 0.2) is 18.3 Å². The fourth-order valence-corrected chi connectivity index (χ4v) is 1.50. The second kappa shape index (κ2) is 7.88. The van der Waals surface area contributed by atoms with Crippen molar-refractivity contribution >= 4 is 17.8 Å². The van der Waals surface area contributed by atoms with E-state index in [1.54, 1.807) is 0 Å². The molecular weight excluding hydrogens is 262 g/mol. The Balaban J connectivity index is 2.40. The summed E-state index contributed by atoms with van der Waals surface area (Å²) >= 11 is 0. The SMILES string of the molecule is CNC(=O)c1ccc(C(=O)NCCCCC(=O)O)cn1. The van der Waals surface area contributed by atoms with Crippen LogP contribution in [0.1, 0.15) is 40.1 Å². The highest BCUT2D eigenvalue weighted by Gasteiger charge is 2.08. The van der Waals surface area contributed by atoms with Gasteiger partial charge in [-0.3, -0.25) is 19.4 Å². The third-order valence-corrected chi connectivity index (χ3v) is 2.59. The number of amides is 2. The number of nitrogens with one attached hydrogen (secondary N) is 2. The lowest BCUT2D eigenvalue weighted by Crippen LogP contribution is -2.25. The minimum atomic E-state index is -0.842. The van der Waals surface area contributed by atoms with Crippen LogP contribution < -0.4 is 10.6 Å². The smallest absolute Gasteiger partial charge is 0.303 e. The first kappa shape index (κ1) is 15.6. The van der Waals surface area contributed by atoms with E-state index in [-0.39, 0.29) is 23.9 Å². The van der Waals surface area contributed by atoms with Crippen molar-refractivity contribution in [2.24, 2.45) is 0 Å². The van der Waals surface area contributed by atoms with Crippen LogP contribution in [0.3, 0.4) is 0 Å². The van der Waals surface area contributed by atoms with Crippen LogP contribution in [-0.2, 0) is 4.79 Å². The Morgan fingerprint density at radius 1 is 1.20 bits per heavy atom. The largest absolute Gasteiger partial charge is 0.481 e. The Bertz CT molecular complexity index is 485. The molecule has 1 aromatic heterocycles. The maximum absolute atomic E-state index is 11.7. The van der Waals surface area contributed by atoms with E-state index in [0.29, 0.717) is 24.9 Å². The van der Waals surface area contributed by atoms with Gasteiger partial charge in [0.2, 0.25) is 0 Å². The third-order valence-electron chi connectivity index (χ3n) is 2.59. The third kappa shape index (κ3) is 5.05. The normalized spacial score (nSPS) is 9.85. The zero-order chi connectivity index (χ0) is 15.0. The van der Waals surface area contributed by atoms with E-state index in [1.165, 1.54) is 25.4 Å². The van der Waals surface area contributed by atoms with E-state index >= 15 is 0 Å². The zero-order valence-corrected chi connectivity index (χ0v) is 11.2. The molecule has 0 bridgehead atoms. The van der Waals surface area contributed by atoms with Crippen molar-refractivity contribution in [3.05, 3.63) is 29.6 Å². The number of nitrogens with zero attached hydrogens (tertiary/aromatic N) is 1. The lowest BCUT2D eigenvalue weighted by Gasteiger charge is -2.05. The minimum absolute atomic E-state index is 0.0955. The van der Waals surface area contributed by atoms with E-state index in [4.69, 9.17) is 5.11 Å². The Morgan fingerprint density at radius 3 is 2.50 bits per heavy atom. The van der Waals surface area contributed by atoms with E-state index in [1.807, 2.05) is 0 Å². The number of aliphatic carboxylic acids is 1. The second-order valence-electron chi connectivity index (χ2n) is 4.12. The first-order chi connectivity index (χ1) is 9.54. The van der Waals surface area contributed by atoms with Crippen LogP contribution in [0.4, 0.5) is 0 Å². The van der Waals surface area contributed by atoms with Crippen LogP contribution in [0.25, 0.3) is 0 Å². The fourth-order valence-electron chi connectivity index (χ4n) is 1.50. The zero-order valence-electron chi connectivity index (χ0n) is 11.2. The van der Waals surface area contributed by atoms with Gasteiger partial charge < -0.3 is 15.7 Å². The van der Waals surface area contributed by atoms with Gasteiger partial charge in [-0.15, -0.1) is 0 Å². The summed E-state index contributed by atoms with van der Waals surface area (Å²) in [5, 5.41) is 13.6. The number of unbranched alkanes of at least 4 members (excludes halogenated alkanes) is 1. The molecule has 0 spiro atoms. The molecule has 0 aliphatic heterocycles. The number of carbonyl (C=O) groups is 3. The summed E-state index contributed by atoms with van der Waals surface area (Å²) in [5.74, 6) is -1.45. The lowest BCUT2D eigenvalue weighted by atomic mass is 10.2. The molecule has 0 saturated heterocycles. The maximum Gasteiger partial charge on any atom is 0.303 e. The van der Waals surface area contributed by atoms with Crippen molar-refractivity contribution in [1.82, 2.24) is 15.6 Å². The van der Waals surface area contributed by atoms with Gasteiger partial charge in [0.25, 0.3) is 11.8 Å². The van der Waals surface area contributed by atoms with Crippen molar-refractivity contribution in [2.75, 3.05) is 13.6 Å². The van der Waals surface area contributed by atoms with Crippen LogP contribution in [-0.4, -0.2) is 41.5 Å². The van der Waals surface area contributed by atoms with Crippen molar-refractivity contribution in [3.8, 4) is 0 Å². The highest BCUT2D eigenvalue weighted by molar-refractivity contribution is 5.96. The number of carbonyl (C=O) groups excluding carboxylic acids is 2. The van der Waals surface area contributed by atoms with E-state index in [0.717, 1.165) is 0 Å². The molecule has 0 aliphatic carbocycles. The Morgan fingerprint density at radius 2 is 1.95 bits per heavy atom. The van der Waals surface area contributed by atoms with Gasteiger partial charge in [-0.1, -0.05) is 0 Å². The number of carboxylic acids is 1. The summed E-state index contributed by atoms with van der Waals surface area (Å²) in [6.07, 6.45) is 2.54. The molecular formula is C13H17N3O4. The van der Waals surface area contributed by atoms with Crippen molar-refractivity contribution in [3.63, 3.8) is 0 Å². The highest BCUT2D eigenvalue weighted by Crippen LogP contribution is 2.01. The van der Waals surface area contributed by atoms with Gasteiger partial charge in [-0.2, -0.15) is 0 Å². The molecule has 1 aromatic rings. The topological polar surface area (TPSA) is 108 Å². The van der Waals surface area contributed by atoms with Crippen LogP contribution >= 0.6 is 0 Å². The molecule has 7 nitrogen and oxygen atoms in total. The molecule has 1 rings (SSSR count). The Labute approximate surface area is 116 Å². The number of rotatable bonds is 7. The first-order valence-electron chi connectivity index (χ1n) is 6.22. The lowest BCUT2D eigenvalue weighted by molar-refractivity contribution is -0.137. The number of aromatic nitrogens is 1. The van der Waals surface area contributed by atoms with Gasteiger partial charge in [-0.05, 0) is 25.0 Å². The number of hydrogen-bond acceptors (Lipinski definition) is 4. The summed E-state index contributed by atoms with van der Waals surface area (Å²) in [6.45, 7) is 0.406. The average Bonchev–Trinajstić information content (AvgIpc) is 2.45. The molecule has 1 heterocycles. The Kier molecular flexibility index (Phi) is 6.15. The highest BCUT2D eigenvalue weighted by atomic mass is 16.4. The van der Waals surface area contributed by atoms with Gasteiger partial charge in [0, 0.05) is 26.2 Å². The Hall–Kier alpha value is -2.44. The fraction of sp³-hybridized carbons (Fsp3) is 0.385. The summed E-state index contributed by atoms with van der Waals surface area (Å²) < 4.78 is 0. The molecule has 0 radical (unpaired) electrons. The molecule has 108 valence electrons. The summed E-state index contributed by atoms with van der Waals surface area (Å²) in [7, 11) is 1.50. The monoisotopic (exact) mass is 279 g/mol. The van der Waals surface area contributed by atoms with E-state index in [2.05, 4.69) is 15.6 Å². The predicted octanol–water partition coefficient (Wildman–Crippen LogP) is 0.426. The number of carboxylic acid groups (broad SMARTS) is 1. The van der Waals surface area contributed by atoms with Crippen molar-refractivity contribution in [1.29, 1.82) is 0 Å². The first-order valence-corrected chi connectivity index (χ1v) is 6.22. The van der Waals surface area contributed by atoms with Gasteiger partial charge in [0.1, 0.15) is 5.69 Å². The molecule has 7 heteroatoms. The van der Waals surface area contributed by atoms with E-state index < -0.39 is 5.97 Å². The molecule has 20 heavy (non-hydrogen) atoms. The molecule has 0 saturated carbocycles. The molecule has 3 N–H and O–H groups in total. The number of hydrogen-bond donors (Lipinski definition) is 3. The van der Waals surface area contributed by atoms with E-state index in [9.17, 15) is 14.4 Å². The quantitative estimate of drug-likeness (QED) is 0.627. The van der Waals surface area contributed by atoms with Gasteiger partial charge in [-0.25, -0.2) is 0 Å². The second-order valence-corrected chi connectivity index (χ2v) is 4.12. The molecule has 0 aromatic carbocycles. The van der Waals surface area contributed by atoms with Gasteiger partial charge in [0.15, 0.2) is 0 Å². The van der Waals surface area contributed by atoms with Crippen LogP contribution in [0, 0.1) is 0 Å². The van der Waals surface area contributed by atoms with Crippen molar-refractivity contribution < 1.29 is 19.5 Å². The number of pyridine rings is 1.